The Morgan fingerprint density at radius 1 is 1.00 bits per heavy atom. The van der Waals surface area contributed by atoms with Crippen LogP contribution < -0.4 is 4.72 Å². The molecule has 0 spiro atoms. The zero-order chi connectivity index (χ0) is 29.1. The van der Waals surface area contributed by atoms with Crippen molar-refractivity contribution in [3.63, 3.8) is 0 Å². The van der Waals surface area contributed by atoms with Crippen LogP contribution in [-0.2, 0) is 26.8 Å². The highest BCUT2D eigenvalue weighted by molar-refractivity contribution is 7.89. The van der Waals surface area contributed by atoms with Crippen LogP contribution in [0.4, 0.5) is 4.79 Å². The molecule has 218 valence electrons. The zero-order valence-corrected chi connectivity index (χ0v) is 24.6. The predicted octanol–water partition coefficient (Wildman–Crippen LogP) is 5.60. The van der Waals surface area contributed by atoms with Crippen LogP contribution in [0.1, 0.15) is 37.3 Å². The highest BCUT2D eigenvalue weighted by Gasteiger charge is 2.32. The van der Waals surface area contributed by atoms with Gasteiger partial charge in [0.15, 0.2) is 0 Å². The molecule has 1 aliphatic rings. The van der Waals surface area contributed by atoms with E-state index in [-0.39, 0.29) is 23.6 Å². The molecule has 1 N–H and O–H groups in total. The number of hydrogen-bond donors (Lipinski definition) is 1. The lowest BCUT2D eigenvalue weighted by molar-refractivity contribution is 0.0649. The summed E-state index contributed by atoms with van der Waals surface area (Å²) in [6, 6.07) is 28.4. The Kier molecular flexibility index (Phi) is 10.7. The molecule has 3 aromatic carbocycles. The molecule has 3 aromatic rings. The average molecular weight is 576 g/mol. The van der Waals surface area contributed by atoms with Crippen molar-refractivity contribution in [3.05, 3.63) is 115 Å². The highest BCUT2D eigenvalue weighted by Crippen LogP contribution is 2.29. The summed E-state index contributed by atoms with van der Waals surface area (Å²) < 4.78 is 34.4. The molecule has 8 heteroatoms. The van der Waals surface area contributed by atoms with Crippen molar-refractivity contribution in [2.75, 3.05) is 32.7 Å². The Hall–Kier alpha value is -3.46. The maximum atomic E-state index is 13.0. The maximum Gasteiger partial charge on any atom is 0.410 e. The summed E-state index contributed by atoms with van der Waals surface area (Å²) in [5.41, 5.74) is 1.67. The van der Waals surface area contributed by atoms with Crippen molar-refractivity contribution in [1.82, 2.24) is 14.5 Å². The third-order valence-corrected chi connectivity index (χ3v) is 9.34. The van der Waals surface area contributed by atoms with Gasteiger partial charge in [0, 0.05) is 37.6 Å². The zero-order valence-electron chi connectivity index (χ0n) is 23.8. The van der Waals surface area contributed by atoms with Crippen molar-refractivity contribution >= 4 is 16.1 Å². The minimum Gasteiger partial charge on any atom is -0.445 e. The Balaban J connectivity index is 1.34. The summed E-state index contributed by atoms with van der Waals surface area (Å²) in [4.78, 5) is 17.4. The first kappa shape index (κ1) is 30.5. The van der Waals surface area contributed by atoms with Crippen LogP contribution in [0, 0.1) is 0 Å². The largest absolute Gasteiger partial charge is 0.445 e. The second-order valence-corrected chi connectivity index (χ2v) is 12.6. The van der Waals surface area contributed by atoms with Crippen LogP contribution in [-0.4, -0.2) is 63.1 Å². The summed E-state index contributed by atoms with van der Waals surface area (Å²) in [7, 11) is -3.62. The maximum absolute atomic E-state index is 13.0. The number of piperidine rings is 1. The van der Waals surface area contributed by atoms with Crippen LogP contribution in [0.25, 0.3) is 0 Å². The Labute approximate surface area is 244 Å². The van der Waals surface area contributed by atoms with Gasteiger partial charge in [0.05, 0.1) is 4.90 Å². The fraction of sp³-hybridized carbons (Fsp3) is 0.364. The monoisotopic (exact) mass is 575 g/mol. The lowest BCUT2D eigenvalue weighted by Gasteiger charge is -2.39. The molecule has 4 rings (SSSR count). The minimum atomic E-state index is -3.62. The van der Waals surface area contributed by atoms with E-state index in [1.54, 1.807) is 41.3 Å². The Morgan fingerprint density at radius 3 is 2.20 bits per heavy atom. The van der Waals surface area contributed by atoms with Gasteiger partial charge in [-0.1, -0.05) is 91.9 Å². The van der Waals surface area contributed by atoms with Gasteiger partial charge in [-0.25, -0.2) is 17.9 Å². The number of hydrogen-bond acceptors (Lipinski definition) is 5. The molecule has 0 saturated carbocycles. The first-order valence-electron chi connectivity index (χ1n) is 14.2. The minimum absolute atomic E-state index is 0.0886. The molecule has 0 bridgehead atoms. The van der Waals surface area contributed by atoms with Gasteiger partial charge in [-0.3, -0.25) is 0 Å². The lowest BCUT2D eigenvalue weighted by Crippen LogP contribution is -2.48. The summed E-state index contributed by atoms with van der Waals surface area (Å²) in [5, 5.41) is 0. The Bertz CT molecular complexity index is 1340. The molecule has 7 nitrogen and oxygen atoms in total. The van der Waals surface area contributed by atoms with Crippen molar-refractivity contribution in [1.29, 1.82) is 0 Å². The average Bonchev–Trinajstić information content (AvgIpc) is 3.02. The van der Waals surface area contributed by atoms with E-state index in [1.807, 2.05) is 48.5 Å². The Morgan fingerprint density at radius 2 is 1.59 bits per heavy atom. The number of benzene rings is 3. The fourth-order valence-electron chi connectivity index (χ4n) is 5.29. The van der Waals surface area contributed by atoms with E-state index in [1.165, 1.54) is 0 Å². The third-order valence-electron chi connectivity index (χ3n) is 7.92. The van der Waals surface area contributed by atoms with E-state index in [9.17, 15) is 13.2 Å². The van der Waals surface area contributed by atoms with Crippen LogP contribution in [0.2, 0.25) is 0 Å². The summed E-state index contributed by atoms with van der Waals surface area (Å²) in [6.07, 6.45) is 3.91. The summed E-state index contributed by atoms with van der Waals surface area (Å²) in [5.74, 6) is 0. The molecule has 1 amide bonds. The number of ether oxygens (including phenoxy) is 1. The van der Waals surface area contributed by atoms with Gasteiger partial charge in [0.1, 0.15) is 6.61 Å². The number of sulfonamides is 1. The van der Waals surface area contributed by atoms with E-state index < -0.39 is 15.4 Å². The van der Waals surface area contributed by atoms with E-state index >= 15 is 0 Å². The van der Waals surface area contributed by atoms with Gasteiger partial charge in [0.25, 0.3) is 0 Å². The van der Waals surface area contributed by atoms with Crippen LogP contribution in [0.5, 0.6) is 0 Å². The SMILES string of the molecule is C=CCN(C(=O)OCc1ccccc1)C1CCN(CCC(C)(CNS(=O)(=O)c2ccccc2)c2ccccc2)CC1. The quantitative estimate of drug-likeness (QED) is 0.269. The molecule has 1 aliphatic heterocycles. The van der Waals surface area contributed by atoms with E-state index in [2.05, 4.69) is 35.3 Å². The van der Waals surface area contributed by atoms with Crippen LogP contribution >= 0.6 is 0 Å². The highest BCUT2D eigenvalue weighted by atomic mass is 32.2. The molecular formula is C33H41N3O4S. The summed E-state index contributed by atoms with van der Waals surface area (Å²) in [6.45, 7) is 9.49. The van der Waals surface area contributed by atoms with E-state index in [0.29, 0.717) is 13.1 Å². The van der Waals surface area contributed by atoms with Crippen LogP contribution in [0.15, 0.2) is 109 Å². The van der Waals surface area contributed by atoms with Gasteiger partial charge in [-0.05, 0) is 49.1 Å². The lowest BCUT2D eigenvalue weighted by atomic mass is 9.79. The number of nitrogens with zero attached hydrogens (tertiary/aromatic N) is 2. The molecule has 1 fully saturated rings. The molecule has 0 aromatic heterocycles. The van der Waals surface area contributed by atoms with Crippen LogP contribution in [0.3, 0.4) is 0 Å². The molecular weight excluding hydrogens is 534 g/mol. The molecule has 1 heterocycles. The number of carbonyl (C=O) groups is 1. The van der Waals surface area contributed by atoms with Crippen molar-refractivity contribution < 1.29 is 17.9 Å². The normalized spacial score (nSPS) is 16.0. The van der Waals surface area contributed by atoms with Gasteiger partial charge < -0.3 is 14.5 Å². The van der Waals surface area contributed by atoms with Gasteiger partial charge in [-0.15, -0.1) is 6.58 Å². The molecule has 1 unspecified atom stereocenters. The van der Waals surface area contributed by atoms with E-state index in [0.717, 1.165) is 50.0 Å². The second-order valence-electron chi connectivity index (χ2n) is 10.9. The van der Waals surface area contributed by atoms with E-state index in [4.69, 9.17) is 4.74 Å². The predicted molar refractivity (Wildman–Crippen MR) is 163 cm³/mol. The smallest absolute Gasteiger partial charge is 0.410 e. The topological polar surface area (TPSA) is 79.0 Å². The van der Waals surface area contributed by atoms with Crippen molar-refractivity contribution in [2.45, 2.75) is 49.1 Å². The first-order chi connectivity index (χ1) is 19.8. The summed E-state index contributed by atoms with van der Waals surface area (Å²) >= 11 is 0. The fourth-order valence-corrected chi connectivity index (χ4v) is 6.48. The first-order valence-corrected chi connectivity index (χ1v) is 15.7. The number of amides is 1. The second kappa shape index (κ2) is 14.4. The molecule has 0 aliphatic carbocycles. The van der Waals surface area contributed by atoms with Gasteiger partial charge >= 0.3 is 6.09 Å². The number of likely N-dealkylation sites (tertiary alicyclic amines) is 1. The van der Waals surface area contributed by atoms with Crippen molar-refractivity contribution in [3.8, 4) is 0 Å². The number of rotatable bonds is 13. The van der Waals surface area contributed by atoms with Crippen molar-refractivity contribution in [2.24, 2.45) is 0 Å². The molecule has 1 atom stereocenters. The molecule has 0 radical (unpaired) electrons. The molecule has 41 heavy (non-hydrogen) atoms. The number of nitrogens with one attached hydrogen (secondary N) is 1. The third kappa shape index (κ3) is 8.52. The van der Waals surface area contributed by atoms with Gasteiger partial charge in [0.2, 0.25) is 10.0 Å². The van der Waals surface area contributed by atoms with Gasteiger partial charge in [-0.2, -0.15) is 0 Å². The number of carbonyl (C=O) groups excluding carboxylic acids is 1. The molecule has 1 saturated heterocycles. The standard InChI is InChI=1S/C33H41N3O4S/c1-3-22-36(32(37)40-26-28-13-7-4-8-14-28)30-19-23-35(24-20-30)25-21-33(2,29-15-9-5-10-16-29)27-34-41(38,39)31-17-11-6-12-18-31/h3-18,30,34H,1,19-27H2,2H3.